The lowest BCUT2D eigenvalue weighted by molar-refractivity contribution is -0.147. The molecule has 21 heteroatoms. The Kier molecular flexibility index (Phi) is 27.1. The van der Waals surface area contributed by atoms with Crippen molar-refractivity contribution < 1.29 is 73.8 Å². The number of aliphatic hydroxyl groups excluding tert-OH is 2. The maximum atomic E-state index is 12.0. The molecule has 3 aromatic rings. The lowest BCUT2D eigenvalue weighted by Crippen LogP contribution is -2.51. The number of ketones is 1. The second-order valence-electron chi connectivity index (χ2n) is 14.7. The Hall–Kier alpha value is -5.13. The maximum absolute atomic E-state index is 12.0. The van der Waals surface area contributed by atoms with Crippen LogP contribution in [0.15, 0.2) is 88.7 Å². The van der Waals surface area contributed by atoms with Gasteiger partial charge in [-0.2, -0.15) is 16.8 Å². The van der Waals surface area contributed by atoms with Gasteiger partial charge < -0.3 is 54.1 Å². The number of carbonyl (C=O) groups is 5. The van der Waals surface area contributed by atoms with Gasteiger partial charge in [0.2, 0.25) is 0 Å². The number of benzene rings is 3. The number of Topliss-reactive ketones (excluding diaryl/α,β-unsaturated/α-hetero) is 1. The zero-order chi connectivity index (χ0) is 50.2. The van der Waals surface area contributed by atoms with Crippen LogP contribution in [0.5, 0.6) is 0 Å². The summed E-state index contributed by atoms with van der Waals surface area (Å²) < 4.78 is 70.5. The molecule has 3 N–H and O–H groups in total. The van der Waals surface area contributed by atoms with Crippen molar-refractivity contribution >= 4 is 49.8 Å². The summed E-state index contributed by atoms with van der Waals surface area (Å²) in [5.74, 6) is -4.57. The van der Waals surface area contributed by atoms with Gasteiger partial charge in [-0.15, -0.1) is 0 Å². The first kappa shape index (κ1) is 59.9. The number of esters is 3. The van der Waals surface area contributed by atoms with E-state index in [1.807, 2.05) is 20.8 Å². The third kappa shape index (κ3) is 20.3. The van der Waals surface area contributed by atoms with Gasteiger partial charge in [0.15, 0.2) is 6.04 Å². The molecule has 0 aliphatic heterocycles. The van der Waals surface area contributed by atoms with Crippen molar-refractivity contribution in [2.24, 2.45) is 17.8 Å². The van der Waals surface area contributed by atoms with Gasteiger partial charge in [-0.3, -0.25) is 14.4 Å². The predicted octanol–water partition coefficient (Wildman–Crippen LogP) is 5.30. The highest BCUT2D eigenvalue weighted by Gasteiger charge is 2.32. The predicted molar refractivity (Wildman–Crippen MR) is 240 cm³/mol. The van der Waals surface area contributed by atoms with E-state index in [4.69, 9.17) is 0 Å². The standard InChI is InChI=1S/C14H20NO6S.C14H18NO6S.C14H19NO4.C2H6/c2*1-9(2)13(16)12(14(17)20-4)15-21-22(18,19)11-7-5-10(3)6-8-11;1-9(2)12(16)11(14(18)19-3)15-13(17)10-7-5-4-6-8-10;1-2/h5-9,12-13,16H,1-4H3;5-9,12H,1-4H3;4-9,11-12,16H,1-3H3,(H,15,17);1-2H3/q2*-1;;/t12-,13-;;11-,12-;/m0.0./s1. The van der Waals surface area contributed by atoms with E-state index in [2.05, 4.69) is 39.1 Å². The first-order valence-electron chi connectivity index (χ1n) is 20.2. The highest BCUT2D eigenvalue weighted by molar-refractivity contribution is 7.87. The van der Waals surface area contributed by atoms with E-state index < -0.39 is 86.1 Å². The Bertz CT molecular complexity index is 2150. The third-order valence-corrected chi connectivity index (χ3v) is 10.9. The SMILES string of the molecule is CC.COC(=O)C([N-]OS(=O)(=O)c1ccc(C)cc1)C(=O)C(C)C.COC(=O)[C@@H](NC(=O)c1ccccc1)[C@@H](O)C(C)C.COC(=O)[C@@H]([N-]OS(=O)(=O)c1ccc(C)cc1)[C@@H](O)C(C)C. The Morgan fingerprint density at radius 3 is 1.34 bits per heavy atom. The summed E-state index contributed by atoms with van der Waals surface area (Å²) >= 11 is 0. The van der Waals surface area contributed by atoms with Gasteiger partial charge in [0.1, 0.15) is 5.78 Å². The average molecular weight is 954 g/mol. The number of ether oxygens (including phenoxy) is 3. The van der Waals surface area contributed by atoms with Crippen LogP contribution in [0.4, 0.5) is 0 Å². The first-order chi connectivity index (χ1) is 30.3. The van der Waals surface area contributed by atoms with Crippen molar-refractivity contribution in [3.05, 3.63) is 107 Å². The summed E-state index contributed by atoms with van der Waals surface area (Å²) in [7, 11) is -4.95. The van der Waals surface area contributed by atoms with E-state index >= 15 is 0 Å². The van der Waals surface area contributed by atoms with Gasteiger partial charge in [-0.25, -0.2) is 4.79 Å². The molecule has 0 fully saturated rings. The van der Waals surface area contributed by atoms with Crippen LogP contribution in [-0.2, 0) is 62.2 Å². The number of aliphatic hydroxyl groups is 2. The largest absolute Gasteiger partial charge is 0.502 e. The van der Waals surface area contributed by atoms with Crippen LogP contribution in [0.3, 0.4) is 0 Å². The minimum absolute atomic E-state index is 0.0931. The van der Waals surface area contributed by atoms with Crippen LogP contribution >= 0.6 is 0 Å². The smallest absolute Gasteiger partial charge is 0.331 e. The van der Waals surface area contributed by atoms with Crippen molar-refractivity contribution in [1.29, 1.82) is 0 Å². The second kappa shape index (κ2) is 29.4. The molecule has 0 aliphatic carbocycles. The maximum Gasteiger partial charge on any atom is 0.331 e. The molecular weight excluding hydrogens is 891 g/mol. The summed E-state index contributed by atoms with van der Waals surface area (Å²) in [6.45, 7) is 17.6. The molecule has 364 valence electrons. The van der Waals surface area contributed by atoms with Gasteiger partial charge in [0.05, 0.1) is 43.3 Å². The molecular formula is C44H63N3O16S2-2. The number of nitrogens with one attached hydrogen (secondary N) is 1. The number of hydrogen-bond donors (Lipinski definition) is 3. The Labute approximate surface area is 382 Å². The fourth-order valence-electron chi connectivity index (χ4n) is 4.68. The highest BCUT2D eigenvalue weighted by Crippen LogP contribution is 2.22. The zero-order valence-corrected chi connectivity index (χ0v) is 40.6. The molecule has 0 spiro atoms. The molecule has 1 unspecified atom stereocenters. The van der Waals surface area contributed by atoms with Crippen LogP contribution in [0.25, 0.3) is 11.0 Å². The number of carbonyl (C=O) groups excluding carboxylic acids is 5. The molecule has 0 bridgehead atoms. The molecule has 0 aromatic heterocycles. The summed E-state index contributed by atoms with van der Waals surface area (Å²) in [6, 6.07) is 16.2. The topological polar surface area (TPSA) is 280 Å². The van der Waals surface area contributed by atoms with Crippen molar-refractivity contribution in [1.82, 2.24) is 5.32 Å². The van der Waals surface area contributed by atoms with Crippen LogP contribution < -0.4 is 5.32 Å². The summed E-state index contributed by atoms with van der Waals surface area (Å²) in [6.07, 6.45) is -2.22. The van der Waals surface area contributed by atoms with Crippen molar-refractivity contribution in [3.8, 4) is 0 Å². The molecule has 0 heterocycles. The molecule has 5 atom stereocenters. The van der Waals surface area contributed by atoms with Crippen LogP contribution in [0.2, 0.25) is 0 Å². The molecule has 0 aliphatic rings. The van der Waals surface area contributed by atoms with Gasteiger partial charge >= 0.3 is 5.97 Å². The molecule has 0 saturated carbocycles. The number of aryl methyl sites for hydroxylation is 2. The molecule has 65 heavy (non-hydrogen) atoms. The van der Waals surface area contributed by atoms with Crippen molar-refractivity contribution in [2.45, 2.75) is 109 Å². The summed E-state index contributed by atoms with van der Waals surface area (Å²) in [5.41, 5.74) is 8.83. The molecule has 3 aromatic carbocycles. The second-order valence-corrected chi connectivity index (χ2v) is 17.7. The lowest BCUT2D eigenvalue weighted by Gasteiger charge is -2.34. The van der Waals surface area contributed by atoms with Crippen molar-refractivity contribution in [3.63, 3.8) is 0 Å². The first-order valence-corrected chi connectivity index (χ1v) is 23.1. The average Bonchev–Trinajstić information content (AvgIpc) is 3.28. The van der Waals surface area contributed by atoms with E-state index in [9.17, 15) is 51.0 Å². The minimum atomic E-state index is -4.20. The van der Waals surface area contributed by atoms with E-state index in [1.54, 1.807) is 103 Å². The van der Waals surface area contributed by atoms with E-state index in [0.717, 1.165) is 25.3 Å². The zero-order valence-electron chi connectivity index (χ0n) is 38.9. The summed E-state index contributed by atoms with van der Waals surface area (Å²) in [5, 5.41) is 22.4. The third-order valence-electron chi connectivity index (χ3n) is 8.64. The molecule has 0 saturated heterocycles. The van der Waals surface area contributed by atoms with E-state index in [0.29, 0.717) is 5.56 Å². The number of hydrogen-bond acceptors (Lipinski definition) is 16. The molecule has 3 rings (SSSR count). The quantitative estimate of drug-likeness (QED) is 0.0594. The number of methoxy groups -OCH3 is 3. The fourth-order valence-corrected chi connectivity index (χ4v) is 6.19. The Balaban J connectivity index is 0.000000929. The Morgan fingerprint density at radius 2 is 0.969 bits per heavy atom. The Morgan fingerprint density at radius 1 is 0.569 bits per heavy atom. The minimum Gasteiger partial charge on any atom is -0.502 e. The van der Waals surface area contributed by atoms with Crippen molar-refractivity contribution in [2.75, 3.05) is 21.3 Å². The van der Waals surface area contributed by atoms with Gasteiger partial charge in [-0.05, 0) is 62.1 Å². The number of nitrogens with zero attached hydrogens (tertiary/aromatic N) is 2. The van der Waals surface area contributed by atoms with Crippen LogP contribution in [0, 0.1) is 31.6 Å². The number of rotatable bonds is 19. The summed E-state index contributed by atoms with van der Waals surface area (Å²) in [4.78, 5) is 58.4. The molecule has 1 amide bonds. The van der Waals surface area contributed by atoms with Gasteiger partial charge in [0.25, 0.3) is 38.1 Å². The highest BCUT2D eigenvalue weighted by atomic mass is 32.2. The fraction of sp³-hybridized carbons (Fsp3) is 0.477. The van der Waals surface area contributed by atoms with Crippen LogP contribution in [-0.4, -0.2) is 108 Å². The van der Waals surface area contributed by atoms with Gasteiger partial charge in [0, 0.05) is 23.6 Å². The number of amides is 1. The molecule has 19 nitrogen and oxygen atoms in total. The van der Waals surface area contributed by atoms with Gasteiger partial charge in [-0.1, -0.05) is 109 Å². The van der Waals surface area contributed by atoms with E-state index in [-0.39, 0.29) is 21.6 Å². The lowest BCUT2D eigenvalue weighted by atomic mass is 9.99. The van der Waals surface area contributed by atoms with E-state index in [1.165, 1.54) is 31.4 Å². The molecule has 0 radical (unpaired) electrons. The monoisotopic (exact) mass is 953 g/mol. The van der Waals surface area contributed by atoms with Crippen LogP contribution in [0.1, 0.15) is 76.9 Å². The number of hydroxylamine groups is 2. The normalized spacial score (nSPS) is 13.4.